The molecule has 1 aromatic rings. The topological polar surface area (TPSA) is 55.6 Å². The molecule has 1 aromatic carbocycles. The summed E-state index contributed by atoms with van der Waals surface area (Å²) in [5, 5.41) is 0. The summed E-state index contributed by atoms with van der Waals surface area (Å²) in [7, 11) is 0. The number of rotatable bonds is 4. The molecule has 0 spiro atoms. The van der Waals surface area contributed by atoms with E-state index in [1.165, 1.54) is 0 Å². The van der Waals surface area contributed by atoms with Crippen molar-refractivity contribution in [2.75, 3.05) is 23.8 Å². The smallest absolute Gasteiger partial charge is 0.229 e. The molecule has 0 aliphatic carbocycles. The van der Waals surface area contributed by atoms with E-state index in [0.29, 0.717) is 13.0 Å². The average molecular weight is 262 g/mol. The Kier molecular flexibility index (Phi) is 4.43. The van der Waals surface area contributed by atoms with Gasteiger partial charge in [-0.05, 0) is 44.4 Å². The van der Waals surface area contributed by atoms with E-state index in [1.54, 1.807) is 0 Å². The van der Waals surface area contributed by atoms with Crippen LogP contribution in [0.3, 0.4) is 0 Å². The first-order chi connectivity index (χ1) is 9.09. The second kappa shape index (κ2) is 6.06. The van der Waals surface area contributed by atoms with Crippen LogP contribution in [0.25, 0.3) is 0 Å². The Morgan fingerprint density at radius 1 is 1.47 bits per heavy atom. The van der Waals surface area contributed by atoms with Crippen molar-refractivity contribution in [1.82, 2.24) is 0 Å². The summed E-state index contributed by atoms with van der Waals surface area (Å²) >= 11 is 0. The van der Waals surface area contributed by atoms with Crippen LogP contribution in [0.2, 0.25) is 0 Å². The van der Waals surface area contributed by atoms with Gasteiger partial charge in [-0.25, -0.2) is 0 Å². The molecule has 0 atom stereocenters. The molecule has 0 saturated heterocycles. The molecule has 1 amide bonds. The van der Waals surface area contributed by atoms with Crippen molar-refractivity contribution in [1.29, 1.82) is 0 Å². The van der Waals surface area contributed by atoms with Gasteiger partial charge in [-0.15, -0.1) is 0 Å². The lowest BCUT2D eigenvalue weighted by Crippen LogP contribution is -2.36. The van der Waals surface area contributed by atoms with Crippen LogP contribution in [0.4, 0.5) is 11.4 Å². The summed E-state index contributed by atoms with van der Waals surface area (Å²) in [4.78, 5) is 14.1. The number of fused-ring (bicyclic) bond motifs is 1. The number of anilines is 2. The van der Waals surface area contributed by atoms with Gasteiger partial charge in [0.05, 0.1) is 19.1 Å². The standard InChI is InChI=1S/C15H22N2O2/c1-11(2)19-10-8-15(18)17-9-4-5-12-13(16)6-3-7-14(12)17/h3,6-7,11H,4-5,8-10,16H2,1-2H3. The van der Waals surface area contributed by atoms with Crippen molar-refractivity contribution in [3.05, 3.63) is 23.8 Å². The number of hydrogen-bond acceptors (Lipinski definition) is 3. The number of benzene rings is 1. The largest absolute Gasteiger partial charge is 0.398 e. The normalized spacial score (nSPS) is 14.6. The Morgan fingerprint density at radius 3 is 3.00 bits per heavy atom. The number of ether oxygens (including phenoxy) is 1. The molecule has 0 radical (unpaired) electrons. The quantitative estimate of drug-likeness (QED) is 0.847. The van der Waals surface area contributed by atoms with Crippen LogP contribution in [-0.2, 0) is 16.0 Å². The Balaban J connectivity index is 2.06. The van der Waals surface area contributed by atoms with Crippen LogP contribution < -0.4 is 10.6 Å². The van der Waals surface area contributed by atoms with Crippen LogP contribution in [-0.4, -0.2) is 25.2 Å². The summed E-state index contributed by atoms with van der Waals surface area (Å²) in [5.41, 5.74) is 8.84. The second-order valence-corrected chi connectivity index (χ2v) is 5.16. The van der Waals surface area contributed by atoms with Gasteiger partial charge in [-0.2, -0.15) is 0 Å². The highest BCUT2D eigenvalue weighted by Crippen LogP contribution is 2.31. The minimum atomic E-state index is 0.118. The van der Waals surface area contributed by atoms with Gasteiger partial charge in [0.2, 0.25) is 5.91 Å². The highest BCUT2D eigenvalue weighted by atomic mass is 16.5. The Morgan fingerprint density at radius 2 is 2.26 bits per heavy atom. The van der Waals surface area contributed by atoms with Crippen molar-refractivity contribution < 1.29 is 9.53 Å². The van der Waals surface area contributed by atoms with E-state index in [9.17, 15) is 4.79 Å². The molecule has 0 saturated carbocycles. The first kappa shape index (κ1) is 13.9. The second-order valence-electron chi connectivity index (χ2n) is 5.16. The predicted octanol–water partition coefficient (Wildman–Crippen LogP) is 2.36. The molecule has 104 valence electrons. The number of nitrogens with zero attached hydrogens (tertiary/aromatic N) is 1. The molecule has 1 aliphatic heterocycles. The molecule has 2 rings (SSSR count). The minimum absolute atomic E-state index is 0.118. The van der Waals surface area contributed by atoms with E-state index < -0.39 is 0 Å². The highest BCUT2D eigenvalue weighted by molar-refractivity contribution is 5.95. The molecule has 0 bridgehead atoms. The van der Waals surface area contributed by atoms with Crippen LogP contribution in [0.5, 0.6) is 0 Å². The zero-order chi connectivity index (χ0) is 13.8. The summed E-state index contributed by atoms with van der Waals surface area (Å²) < 4.78 is 5.44. The maximum absolute atomic E-state index is 12.3. The van der Waals surface area contributed by atoms with E-state index >= 15 is 0 Å². The van der Waals surface area contributed by atoms with Crippen LogP contribution in [0, 0.1) is 0 Å². The van der Waals surface area contributed by atoms with Gasteiger partial charge in [0.1, 0.15) is 0 Å². The fraction of sp³-hybridized carbons (Fsp3) is 0.533. The lowest BCUT2D eigenvalue weighted by Gasteiger charge is -2.30. The molecule has 2 N–H and O–H groups in total. The summed E-state index contributed by atoms with van der Waals surface area (Å²) in [5.74, 6) is 0.118. The fourth-order valence-electron chi connectivity index (χ4n) is 2.43. The molecule has 1 heterocycles. The number of amides is 1. The van der Waals surface area contributed by atoms with Gasteiger partial charge in [-0.1, -0.05) is 6.07 Å². The van der Waals surface area contributed by atoms with Gasteiger partial charge >= 0.3 is 0 Å². The molecular weight excluding hydrogens is 240 g/mol. The molecule has 4 nitrogen and oxygen atoms in total. The van der Waals surface area contributed by atoms with Gasteiger partial charge in [0, 0.05) is 17.9 Å². The van der Waals surface area contributed by atoms with Gasteiger partial charge in [-0.3, -0.25) is 4.79 Å². The summed E-state index contributed by atoms with van der Waals surface area (Å²) in [6, 6.07) is 5.78. The molecule has 0 aromatic heterocycles. The van der Waals surface area contributed by atoms with Crippen LogP contribution >= 0.6 is 0 Å². The fourth-order valence-corrected chi connectivity index (χ4v) is 2.43. The maximum atomic E-state index is 12.3. The molecule has 1 aliphatic rings. The summed E-state index contributed by atoms with van der Waals surface area (Å²) in [6.07, 6.45) is 2.51. The summed E-state index contributed by atoms with van der Waals surface area (Å²) in [6.45, 7) is 5.20. The number of carbonyl (C=O) groups is 1. The van der Waals surface area contributed by atoms with E-state index in [2.05, 4.69) is 0 Å². The molecule has 4 heteroatoms. The Labute approximate surface area is 114 Å². The van der Waals surface area contributed by atoms with Crippen molar-refractivity contribution in [2.45, 2.75) is 39.2 Å². The van der Waals surface area contributed by atoms with Crippen molar-refractivity contribution in [2.24, 2.45) is 0 Å². The SMILES string of the molecule is CC(C)OCCC(=O)N1CCCc2c(N)cccc21. The van der Waals surface area contributed by atoms with Crippen molar-refractivity contribution in [3.63, 3.8) is 0 Å². The number of nitrogen functional groups attached to an aromatic ring is 1. The van der Waals surface area contributed by atoms with Gasteiger partial charge < -0.3 is 15.4 Å². The van der Waals surface area contributed by atoms with Crippen LogP contribution in [0.1, 0.15) is 32.3 Å². The van der Waals surface area contributed by atoms with Crippen molar-refractivity contribution in [3.8, 4) is 0 Å². The average Bonchev–Trinajstić information content (AvgIpc) is 2.38. The van der Waals surface area contributed by atoms with Crippen molar-refractivity contribution >= 4 is 17.3 Å². The monoisotopic (exact) mass is 262 g/mol. The number of nitrogens with two attached hydrogens (primary N) is 1. The molecule has 0 fully saturated rings. The first-order valence-electron chi connectivity index (χ1n) is 6.89. The predicted molar refractivity (Wildman–Crippen MR) is 77.2 cm³/mol. The third-order valence-corrected chi connectivity index (χ3v) is 3.35. The van der Waals surface area contributed by atoms with Gasteiger partial charge in [0.25, 0.3) is 0 Å². The third kappa shape index (κ3) is 3.26. The minimum Gasteiger partial charge on any atom is -0.398 e. The zero-order valence-electron chi connectivity index (χ0n) is 11.7. The lowest BCUT2D eigenvalue weighted by atomic mass is 9.99. The first-order valence-corrected chi connectivity index (χ1v) is 6.89. The number of carbonyl (C=O) groups excluding carboxylic acids is 1. The third-order valence-electron chi connectivity index (χ3n) is 3.35. The number of hydrogen-bond donors (Lipinski definition) is 1. The molecule has 19 heavy (non-hydrogen) atoms. The van der Waals surface area contributed by atoms with E-state index in [0.717, 1.165) is 36.3 Å². The highest BCUT2D eigenvalue weighted by Gasteiger charge is 2.23. The Bertz CT molecular complexity index is 457. The lowest BCUT2D eigenvalue weighted by molar-refractivity contribution is -0.120. The van der Waals surface area contributed by atoms with Crippen LogP contribution in [0.15, 0.2) is 18.2 Å². The molecular formula is C15H22N2O2. The van der Waals surface area contributed by atoms with Gasteiger partial charge in [0.15, 0.2) is 0 Å². The van der Waals surface area contributed by atoms with E-state index in [1.807, 2.05) is 36.9 Å². The Hall–Kier alpha value is -1.55. The van der Waals surface area contributed by atoms with E-state index in [-0.39, 0.29) is 12.0 Å². The molecule has 0 unspecified atom stereocenters. The maximum Gasteiger partial charge on any atom is 0.229 e. The van der Waals surface area contributed by atoms with E-state index in [4.69, 9.17) is 10.5 Å². The zero-order valence-corrected chi connectivity index (χ0v) is 11.7.